The third-order valence-corrected chi connectivity index (χ3v) is 8.63. The zero-order chi connectivity index (χ0) is 27.1. The highest BCUT2D eigenvalue weighted by Crippen LogP contribution is 2.39. The summed E-state index contributed by atoms with van der Waals surface area (Å²) in [5.41, 5.74) is 9.14. The molecule has 3 heteroatoms. The zero-order valence-electron chi connectivity index (χ0n) is 22.5. The normalized spacial score (nSPS) is 12.0. The van der Waals surface area contributed by atoms with Gasteiger partial charge in [0.05, 0.1) is 33.1 Å². The van der Waals surface area contributed by atoms with Gasteiger partial charge in [0.15, 0.2) is 0 Å². The van der Waals surface area contributed by atoms with Gasteiger partial charge in [0.1, 0.15) is 5.82 Å². The van der Waals surface area contributed by atoms with E-state index in [-0.39, 0.29) is 0 Å². The van der Waals surface area contributed by atoms with Gasteiger partial charge < -0.3 is 4.40 Å². The van der Waals surface area contributed by atoms with Crippen LogP contribution in [0, 0.1) is 6.92 Å². The minimum Gasteiger partial charge on any atom is -0.307 e. The Morgan fingerprint density at radius 3 is 1.66 bits per heavy atom. The molecule has 0 aliphatic heterocycles. The van der Waals surface area contributed by atoms with Crippen LogP contribution in [0.1, 0.15) is 5.56 Å². The predicted molar refractivity (Wildman–Crippen MR) is 173 cm³/mol. The number of rotatable bonds is 1. The van der Waals surface area contributed by atoms with E-state index in [1.807, 2.05) is 0 Å². The van der Waals surface area contributed by atoms with Crippen molar-refractivity contribution in [2.45, 2.75) is 6.92 Å². The largest absolute Gasteiger partial charge is 0.307 e. The Morgan fingerprint density at radius 2 is 0.927 bits per heavy atom. The number of imidazole rings is 1. The summed E-state index contributed by atoms with van der Waals surface area (Å²) in [5, 5.41) is 7.29. The molecule has 9 aromatic rings. The molecule has 0 unspecified atom stereocenters. The fourth-order valence-electron chi connectivity index (χ4n) is 6.86. The summed E-state index contributed by atoms with van der Waals surface area (Å²) in [7, 11) is 0. The van der Waals surface area contributed by atoms with E-state index in [0.717, 1.165) is 27.9 Å². The van der Waals surface area contributed by atoms with Gasteiger partial charge in [-0.25, -0.2) is 4.98 Å². The van der Waals surface area contributed by atoms with Gasteiger partial charge in [-0.3, -0.25) is 4.40 Å². The lowest BCUT2D eigenvalue weighted by Crippen LogP contribution is -1.95. The molecular formula is C38H25N3. The van der Waals surface area contributed by atoms with Gasteiger partial charge in [-0.2, -0.15) is 0 Å². The van der Waals surface area contributed by atoms with Crippen LogP contribution in [0.15, 0.2) is 133 Å². The van der Waals surface area contributed by atoms with E-state index in [9.17, 15) is 0 Å². The van der Waals surface area contributed by atoms with Crippen molar-refractivity contribution in [1.82, 2.24) is 13.8 Å². The molecule has 0 spiro atoms. The molecule has 0 radical (unpaired) electrons. The molecule has 192 valence electrons. The maximum Gasteiger partial charge on any atom is 0.146 e. The SMILES string of the molecule is Cc1ccccc1-c1nc2cccc3c4ccccc4c4ccccc4n4c5ccccc5c5cccc(c54)n1c23. The number of para-hydroxylation sites is 4. The molecule has 3 nitrogen and oxygen atoms in total. The molecule has 6 aromatic carbocycles. The van der Waals surface area contributed by atoms with E-state index in [2.05, 4.69) is 149 Å². The van der Waals surface area contributed by atoms with Gasteiger partial charge in [0.25, 0.3) is 0 Å². The Morgan fingerprint density at radius 1 is 0.415 bits per heavy atom. The lowest BCUT2D eigenvalue weighted by atomic mass is 10.0. The van der Waals surface area contributed by atoms with Crippen molar-refractivity contribution in [3.8, 4) is 11.4 Å². The summed E-state index contributed by atoms with van der Waals surface area (Å²) in [6, 6.07) is 48.2. The van der Waals surface area contributed by atoms with Crippen molar-refractivity contribution in [1.29, 1.82) is 0 Å². The van der Waals surface area contributed by atoms with E-state index < -0.39 is 0 Å². The topological polar surface area (TPSA) is 21.7 Å². The van der Waals surface area contributed by atoms with E-state index >= 15 is 0 Å². The van der Waals surface area contributed by atoms with E-state index in [4.69, 9.17) is 4.98 Å². The lowest BCUT2D eigenvalue weighted by Gasteiger charge is -2.11. The first-order chi connectivity index (χ1) is 20.3. The Balaban J connectivity index is 1.75. The van der Waals surface area contributed by atoms with Crippen LogP contribution in [0.3, 0.4) is 0 Å². The molecule has 0 fully saturated rings. The van der Waals surface area contributed by atoms with Gasteiger partial charge in [-0.05, 0) is 47.5 Å². The summed E-state index contributed by atoms with van der Waals surface area (Å²) in [5.74, 6) is 0.959. The van der Waals surface area contributed by atoms with Gasteiger partial charge in [-0.1, -0.05) is 109 Å². The van der Waals surface area contributed by atoms with Crippen LogP contribution in [0.2, 0.25) is 0 Å². The van der Waals surface area contributed by atoms with Crippen LogP contribution < -0.4 is 0 Å². The standard InChI is InChI=1S/C38H25N3/c1-24-12-2-3-13-25(24)38-39-32-20-10-18-30-27-15-5-4-14-26(27)28-16-6-8-21-33(28)40-34-22-9-7-17-29(34)31-19-11-23-35(37(31)40)41(38)36(30)32/h2-23H,1H3. The molecule has 0 bridgehead atoms. The molecule has 0 saturated carbocycles. The Labute approximate surface area is 236 Å². The zero-order valence-corrected chi connectivity index (χ0v) is 22.5. The number of benzene rings is 6. The molecule has 0 atom stereocenters. The summed E-state index contributed by atoms with van der Waals surface area (Å²) in [4.78, 5) is 5.35. The van der Waals surface area contributed by atoms with Crippen molar-refractivity contribution < 1.29 is 0 Å². The number of aromatic nitrogens is 3. The monoisotopic (exact) mass is 523 g/mol. The smallest absolute Gasteiger partial charge is 0.146 e. The maximum atomic E-state index is 5.35. The molecule has 3 heterocycles. The quantitative estimate of drug-likeness (QED) is 0.210. The summed E-state index contributed by atoms with van der Waals surface area (Å²) in [6.45, 7) is 2.17. The Kier molecular flexibility index (Phi) is 4.53. The van der Waals surface area contributed by atoms with Gasteiger partial charge >= 0.3 is 0 Å². The summed E-state index contributed by atoms with van der Waals surface area (Å²) in [6.07, 6.45) is 0. The highest BCUT2D eigenvalue weighted by Gasteiger charge is 2.19. The lowest BCUT2D eigenvalue weighted by molar-refractivity contribution is 1.21. The van der Waals surface area contributed by atoms with Crippen LogP contribution in [0.25, 0.3) is 76.8 Å². The van der Waals surface area contributed by atoms with Crippen LogP contribution in [-0.2, 0) is 0 Å². The third-order valence-electron chi connectivity index (χ3n) is 8.63. The second-order valence-electron chi connectivity index (χ2n) is 10.8. The molecule has 0 aliphatic carbocycles. The summed E-state index contributed by atoms with van der Waals surface area (Å²) >= 11 is 0. The predicted octanol–water partition coefficient (Wildman–Crippen LogP) is 9.89. The average Bonchev–Trinajstić information content (AvgIpc) is 3.57. The molecular weight excluding hydrogens is 498 g/mol. The average molecular weight is 524 g/mol. The Bertz CT molecular complexity index is 2550. The van der Waals surface area contributed by atoms with Crippen LogP contribution in [0.5, 0.6) is 0 Å². The molecule has 0 N–H and O–H groups in total. The van der Waals surface area contributed by atoms with Gasteiger partial charge in [-0.15, -0.1) is 0 Å². The minimum absolute atomic E-state index is 0.959. The van der Waals surface area contributed by atoms with Gasteiger partial charge in [0, 0.05) is 27.1 Å². The van der Waals surface area contributed by atoms with E-state index in [1.165, 1.54) is 54.4 Å². The number of hydrogen-bond acceptors (Lipinski definition) is 1. The highest BCUT2D eigenvalue weighted by molar-refractivity contribution is 6.20. The second-order valence-corrected chi connectivity index (χ2v) is 10.8. The fourth-order valence-corrected chi connectivity index (χ4v) is 6.86. The van der Waals surface area contributed by atoms with Crippen LogP contribution >= 0.6 is 0 Å². The molecule has 0 saturated heterocycles. The first-order valence-electron chi connectivity index (χ1n) is 14.1. The summed E-state index contributed by atoms with van der Waals surface area (Å²) < 4.78 is 4.88. The Hall–Kier alpha value is -5.41. The first kappa shape index (κ1) is 22.4. The fraction of sp³-hybridized carbons (Fsp3) is 0.0263. The number of nitrogens with zero attached hydrogens (tertiary/aromatic N) is 3. The molecule has 0 aliphatic rings. The number of fused-ring (bicyclic) bond motifs is 9. The molecule has 41 heavy (non-hydrogen) atoms. The maximum absolute atomic E-state index is 5.35. The number of hydrogen-bond donors (Lipinski definition) is 0. The third kappa shape index (κ3) is 3.00. The van der Waals surface area contributed by atoms with Crippen LogP contribution in [0.4, 0.5) is 0 Å². The second kappa shape index (κ2) is 8.30. The molecule has 0 amide bonds. The van der Waals surface area contributed by atoms with Crippen molar-refractivity contribution in [3.63, 3.8) is 0 Å². The number of aryl methyl sites for hydroxylation is 1. The highest BCUT2D eigenvalue weighted by atomic mass is 15.0. The first-order valence-corrected chi connectivity index (χ1v) is 14.1. The van der Waals surface area contributed by atoms with Gasteiger partial charge in [0.2, 0.25) is 0 Å². The van der Waals surface area contributed by atoms with Crippen molar-refractivity contribution in [3.05, 3.63) is 139 Å². The van der Waals surface area contributed by atoms with E-state index in [0.29, 0.717) is 0 Å². The van der Waals surface area contributed by atoms with Crippen molar-refractivity contribution in [2.75, 3.05) is 0 Å². The van der Waals surface area contributed by atoms with Crippen molar-refractivity contribution in [2.24, 2.45) is 0 Å². The van der Waals surface area contributed by atoms with Crippen molar-refractivity contribution >= 4 is 65.4 Å². The minimum atomic E-state index is 0.959. The van der Waals surface area contributed by atoms with Crippen LogP contribution in [-0.4, -0.2) is 13.8 Å². The van der Waals surface area contributed by atoms with E-state index in [1.54, 1.807) is 0 Å². The molecule has 3 aromatic heterocycles. The molecule has 9 rings (SSSR count).